The van der Waals surface area contributed by atoms with Crippen molar-refractivity contribution in [3.05, 3.63) is 135 Å². The van der Waals surface area contributed by atoms with Crippen LogP contribution < -0.4 is 0 Å². The van der Waals surface area contributed by atoms with Gasteiger partial charge in [0.15, 0.2) is 0 Å². The topological polar surface area (TPSA) is 348 Å². The Kier molecular flexibility index (Phi) is 52.5. The summed E-state index contributed by atoms with van der Waals surface area (Å²) in [5.74, 6) is -3.34. The number of ketones is 2. The largest absolute Gasteiger partial charge is 0.481 e. The van der Waals surface area contributed by atoms with Gasteiger partial charge in [-0.2, -0.15) is 0 Å². The summed E-state index contributed by atoms with van der Waals surface area (Å²) in [6.07, 6.45) is 37.0. The number of rotatable bonds is 28. The molecule has 18 heteroatoms. The van der Waals surface area contributed by atoms with Gasteiger partial charge in [-0.05, 0) is 131 Å². The van der Waals surface area contributed by atoms with Gasteiger partial charge in [-0.15, -0.1) is 19.7 Å². The molecule has 18 atom stereocenters. The molecule has 502 valence electrons. The van der Waals surface area contributed by atoms with Crippen LogP contribution in [0, 0.1) is 47.3 Å². The standard InChI is InChI=1S/C16H26O5.C16H24O5.C12H20O3.C12H18O3.C6H10O2.2C4H8/c2*1-11(17)8-9-13-12(14(18)10-15(13)19)6-4-2-3-5-7-16(20)21;2*1-3-4-9-10(6-5-8(2)13)12(15)7-11(9)14;1-2-3-4-5-6(7)8;2*1-3-4-2/h2,4,8-9,11-15,17-19H,3,5-7,10H2,1H3,(H,20,21);2,4,8-9,11-13,15,17,19H,3,5-7,10H2,1H3,(H,20,21);3,5-6,8-15H,1,4,7H2,2H3;3,5-6,8-10,12-13,15H,1,4,7H2,2H3;2H,1,3-5H2,(H,7,8);2*3-4H,1-2H3/b2*4-2-,9-8+;2*6-5+;;2*4-3-/t11-,12+,13+,14-,15+;11-,12+,13+,15+;8-,9+,10+,11-,12+;8-,9+,10+,12+;;;/m0000.../s1. The van der Waals surface area contributed by atoms with Crippen LogP contribution in [0.25, 0.3) is 0 Å². The molecule has 0 saturated heterocycles. The van der Waals surface area contributed by atoms with Crippen molar-refractivity contribution in [1.82, 2.24) is 0 Å². The molecule has 0 aromatic rings. The van der Waals surface area contributed by atoms with Crippen molar-refractivity contribution >= 4 is 29.5 Å². The lowest BCUT2D eigenvalue weighted by Gasteiger charge is -2.19. The lowest BCUT2D eigenvalue weighted by atomic mass is 9.89. The zero-order valence-corrected chi connectivity index (χ0v) is 53.9. The van der Waals surface area contributed by atoms with Crippen LogP contribution in [0.1, 0.15) is 165 Å². The monoisotopic (exact) mass is 1240 g/mol. The van der Waals surface area contributed by atoms with Crippen LogP contribution in [0.4, 0.5) is 0 Å². The summed E-state index contributed by atoms with van der Waals surface area (Å²) in [6, 6.07) is 0. The van der Waals surface area contributed by atoms with Crippen LogP contribution in [0.2, 0.25) is 0 Å². The molecule has 4 aliphatic rings. The molecule has 13 N–H and O–H groups in total. The number of Topliss-reactive ketones (excluding diaryl/α,β-unsaturated/α-hetero) is 2. The summed E-state index contributed by atoms with van der Waals surface area (Å²) < 4.78 is 0. The maximum absolute atomic E-state index is 11.9. The summed E-state index contributed by atoms with van der Waals surface area (Å²) >= 11 is 0. The third-order valence-electron chi connectivity index (χ3n) is 14.7. The predicted molar refractivity (Wildman–Crippen MR) is 349 cm³/mol. The number of aliphatic carboxylic acids is 3. The molecule has 0 bridgehead atoms. The molecule has 88 heavy (non-hydrogen) atoms. The number of aliphatic hydroxyl groups excluding tert-OH is 10. The molecule has 0 spiro atoms. The Morgan fingerprint density at radius 3 is 1.03 bits per heavy atom. The number of hydrogen-bond donors (Lipinski definition) is 13. The number of allylic oxidation sites excluding steroid dienone is 11. The highest BCUT2D eigenvalue weighted by molar-refractivity contribution is 5.85. The molecule has 4 fully saturated rings. The smallest absolute Gasteiger partial charge is 0.303 e. The van der Waals surface area contributed by atoms with Gasteiger partial charge in [0.1, 0.15) is 11.6 Å². The van der Waals surface area contributed by atoms with E-state index in [4.69, 9.17) is 25.5 Å². The summed E-state index contributed by atoms with van der Waals surface area (Å²) in [7, 11) is 0. The summed E-state index contributed by atoms with van der Waals surface area (Å²) in [6.45, 7) is 25.3. The molecular formula is C70H114O18. The van der Waals surface area contributed by atoms with Gasteiger partial charge in [0.05, 0.1) is 61.0 Å². The summed E-state index contributed by atoms with van der Waals surface area (Å²) in [4.78, 5) is 54.0. The van der Waals surface area contributed by atoms with E-state index in [0.717, 1.165) is 6.42 Å². The highest BCUT2D eigenvalue weighted by Crippen LogP contribution is 2.38. The van der Waals surface area contributed by atoms with Gasteiger partial charge in [0.25, 0.3) is 0 Å². The number of hydrogen-bond acceptors (Lipinski definition) is 15. The van der Waals surface area contributed by atoms with E-state index in [2.05, 4.69) is 19.7 Å². The highest BCUT2D eigenvalue weighted by atomic mass is 16.4. The van der Waals surface area contributed by atoms with E-state index in [1.165, 1.54) is 0 Å². The SMILES string of the molecule is C/C=C\C.C/C=C\C.C=CCCCC(=O)O.C=CC[C@@H]1[C@@H](/C=C/[C@H](C)O)[C@H](O)C[C@@H]1O.C=CC[C@H]1C(=O)C[C@@H](O)[C@@H]1/C=C/[C@H](C)O.C[C@H](O)/C=C/[C@@H]1[C@@H](C/C=C\CCCC(=O)O)[C@@H](O)C[C@H]1O.C[C@H](O)/C=C/[C@H]1[C@H](O)CC(=O)[C@@H]1C/C=C\CCCC(=O)O. The molecular weight excluding hydrogens is 1130 g/mol. The minimum absolute atomic E-state index is 0.0208. The second-order valence-corrected chi connectivity index (χ2v) is 22.5. The Labute approximate surface area is 525 Å². The van der Waals surface area contributed by atoms with Gasteiger partial charge in [0, 0.05) is 80.5 Å². The van der Waals surface area contributed by atoms with Crippen LogP contribution in [0.5, 0.6) is 0 Å². The van der Waals surface area contributed by atoms with Gasteiger partial charge >= 0.3 is 17.9 Å². The lowest BCUT2D eigenvalue weighted by Crippen LogP contribution is -2.20. The second-order valence-electron chi connectivity index (χ2n) is 22.5. The van der Waals surface area contributed by atoms with Gasteiger partial charge in [-0.3, -0.25) is 24.0 Å². The maximum atomic E-state index is 11.9. The minimum atomic E-state index is -0.805. The Morgan fingerprint density at radius 2 is 0.727 bits per heavy atom. The van der Waals surface area contributed by atoms with Crippen LogP contribution in [0.3, 0.4) is 0 Å². The van der Waals surface area contributed by atoms with Gasteiger partial charge in [0.2, 0.25) is 0 Å². The molecule has 4 rings (SSSR count). The number of carbonyl (C=O) groups excluding carboxylic acids is 2. The average molecular weight is 1240 g/mol. The van der Waals surface area contributed by atoms with Gasteiger partial charge in [-0.1, -0.05) is 115 Å². The van der Waals surface area contributed by atoms with Crippen molar-refractivity contribution in [3.63, 3.8) is 0 Å². The first-order chi connectivity index (χ1) is 41.5. The van der Waals surface area contributed by atoms with Gasteiger partial charge < -0.3 is 66.4 Å². The lowest BCUT2D eigenvalue weighted by molar-refractivity contribution is -0.138. The number of carboxylic acids is 3. The maximum Gasteiger partial charge on any atom is 0.303 e. The fraction of sp³-hybridized carbons (Fsp3) is 0.614. The minimum Gasteiger partial charge on any atom is -0.481 e. The van der Waals surface area contributed by atoms with Crippen molar-refractivity contribution in [2.45, 2.75) is 226 Å². The molecule has 18 nitrogen and oxygen atoms in total. The van der Waals surface area contributed by atoms with E-state index in [1.54, 1.807) is 94.5 Å². The second kappa shape index (κ2) is 53.3. The Balaban J connectivity index is -0.00000102. The number of aliphatic hydroxyl groups is 10. The summed E-state index contributed by atoms with van der Waals surface area (Å²) in [5.41, 5.74) is 0. The first-order valence-corrected chi connectivity index (χ1v) is 31.1. The number of carbonyl (C=O) groups is 5. The van der Waals surface area contributed by atoms with E-state index in [0.29, 0.717) is 70.6 Å². The Hall–Kier alpha value is -5.51. The first-order valence-electron chi connectivity index (χ1n) is 31.1. The van der Waals surface area contributed by atoms with Crippen LogP contribution in [-0.4, -0.2) is 157 Å². The third-order valence-corrected chi connectivity index (χ3v) is 14.7. The van der Waals surface area contributed by atoms with Gasteiger partial charge in [-0.25, -0.2) is 0 Å². The molecule has 0 aromatic carbocycles. The zero-order chi connectivity index (χ0) is 67.7. The van der Waals surface area contributed by atoms with Crippen molar-refractivity contribution in [2.24, 2.45) is 47.3 Å². The molecule has 0 radical (unpaired) electrons. The average Bonchev–Trinajstić information content (AvgIpc) is 3.15. The normalized spacial score (nSPS) is 28.0. The third kappa shape index (κ3) is 42.4. The predicted octanol–water partition coefficient (Wildman–Crippen LogP) is 9.69. The van der Waals surface area contributed by atoms with E-state index in [9.17, 15) is 64.8 Å². The Bertz CT molecular complexity index is 2150. The van der Waals surface area contributed by atoms with E-state index in [1.807, 2.05) is 76.3 Å². The van der Waals surface area contributed by atoms with Crippen molar-refractivity contribution in [3.8, 4) is 0 Å². The van der Waals surface area contributed by atoms with Crippen LogP contribution in [-0.2, 0) is 24.0 Å². The molecule has 4 aliphatic carbocycles. The fourth-order valence-electron chi connectivity index (χ4n) is 9.87. The van der Waals surface area contributed by atoms with Crippen LogP contribution in [0.15, 0.2) is 135 Å². The molecule has 0 aromatic heterocycles. The summed E-state index contributed by atoms with van der Waals surface area (Å²) in [5, 5.41) is 121. The molecule has 0 heterocycles. The molecule has 0 amide bonds. The van der Waals surface area contributed by atoms with E-state index >= 15 is 0 Å². The van der Waals surface area contributed by atoms with Crippen molar-refractivity contribution in [2.75, 3.05) is 0 Å². The van der Waals surface area contributed by atoms with Crippen molar-refractivity contribution in [1.29, 1.82) is 0 Å². The fourth-order valence-corrected chi connectivity index (χ4v) is 9.87. The zero-order valence-electron chi connectivity index (χ0n) is 53.9. The Morgan fingerprint density at radius 1 is 0.420 bits per heavy atom. The molecule has 4 saturated carbocycles. The highest BCUT2D eigenvalue weighted by Gasteiger charge is 2.42. The number of carboxylic acid groups (broad SMARTS) is 3. The first kappa shape index (κ1) is 86.7. The number of unbranched alkanes of at least 4 members (excludes halogenated alkanes) is 3. The van der Waals surface area contributed by atoms with E-state index in [-0.39, 0.29) is 91.0 Å². The van der Waals surface area contributed by atoms with Crippen molar-refractivity contribution < 1.29 is 90.4 Å². The quantitative estimate of drug-likeness (QED) is 0.0256. The molecule has 0 unspecified atom stereocenters. The van der Waals surface area contributed by atoms with Crippen LogP contribution >= 0.6 is 0 Å². The van der Waals surface area contributed by atoms with E-state index < -0.39 is 78.9 Å². The molecule has 0 aliphatic heterocycles.